The molecule has 0 atom stereocenters. The monoisotopic (exact) mass is 239 g/mol. The van der Waals surface area contributed by atoms with Gasteiger partial charge in [0.25, 0.3) is 0 Å². The van der Waals surface area contributed by atoms with Gasteiger partial charge in [-0.25, -0.2) is 0 Å². The van der Waals surface area contributed by atoms with Crippen molar-refractivity contribution < 1.29 is 0 Å². The predicted octanol–water partition coefficient (Wildman–Crippen LogP) is 4.92. The van der Waals surface area contributed by atoms with E-state index in [4.69, 9.17) is 0 Å². The van der Waals surface area contributed by atoms with Crippen molar-refractivity contribution in [3.05, 3.63) is 35.4 Å². The molecule has 1 aromatic rings. The van der Waals surface area contributed by atoms with Gasteiger partial charge in [-0.3, -0.25) is 0 Å². The van der Waals surface area contributed by atoms with Crippen LogP contribution in [0.5, 0.6) is 0 Å². The highest BCUT2D eigenvalue weighted by atomic mass is 15.0. The second kappa shape index (κ2) is 17.6. The number of aryl methyl sites for hydroxylation is 2. The minimum atomic E-state index is 1.25. The zero-order valence-corrected chi connectivity index (χ0v) is 13.5. The van der Waals surface area contributed by atoms with E-state index in [-0.39, 0.29) is 0 Å². The van der Waals surface area contributed by atoms with Gasteiger partial charge in [-0.1, -0.05) is 69.5 Å². The molecule has 0 aliphatic rings. The third-order valence-corrected chi connectivity index (χ3v) is 1.17. The highest BCUT2D eigenvalue weighted by Crippen LogP contribution is 2.00. The summed E-state index contributed by atoms with van der Waals surface area (Å²) >= 11 is 0. The molecular formula is C16H33N. The zero-order valence-electron chi connectivity index (χ0n) is 13.5. The van der Waals surface area contributed by atoms with Crippen LogP contribution in [0.4, 0.5) is 0 Å². The number of hydrogen-bond acceptors (Lipinski definition) is 1. The maximum absolute atomic E-state index is 2.17. The van der Waals surface area contributed by atoms with Crippen molar-refractivity contribution in [3.8, 4) is 0 Å². The normalized spacial score (nSPS) is 7.88. The van der Waals surface area contributed by atoms with Crippen molar-refractivity contribution >= 4 is 0 Å². The summed E-state index contributed by atoms with van der Waals surface area (Å²) in [6.45, 7) is 12.5. The van der Waals surface area contributed by atoms with Crippen LogP contribution < -0.4 is 0 Å². The molecule has 1 aromatic carbocycles. The van der Waals surface area contributed by atoms with E-state index in [1.807, 2.05) is 39.9 Å². The Morgan fingerprint density at radius 1 is 0.882 bits per heavy atom. The molecule has 0 bridgehead atoms. The van der Waals surface area contributed by atoms with Gasteiger partial charge >= 0.3 is 0 Å². The first kappa shape index (κ1) is 21.5. The molecule has 17 heavy (non-hydrogen) atoms. The number of benzene rings is 1. The molecule has 0 unspecified atom stereocenters. The van der Waals surface area contributed by atoms with Gasteiger partial charge < -0.3 is 4.90 Å². The molecule has 0 aromatic heterocycles. The second-order valence-electron chi connectivity index (χ2n) is 4.21. The third kappa shape index (κ3) is 31.3. The van der Waals surface area contributed by atoms with Gasteiger partial charge in [0.1, 0.15) is 0 Å². The van der Waals surface area contributed by atoms with Gasteiger partial charge in [-0.05, 0) is 35.0 Å². The molecule has 0 saturated carbocycles. The topological polar surface area (TPSA) is 3.24 Å². The summed E-state index contributed by atoms with van der Waals surface area (Å²) in [5, 5.41) is 0. The first-order chi connectivity index (χ1) is 7.93. The Kier molecular flexibility index (Phi) is 22.2. The average molecular weight is 239 g/mol. The lowest BCUT2D eigenvalue weighted by atomic mass is 10.2. The number of rotatable bonds is 0. The molecule has 1 rings (SSSR count). The van der Waals surface area contributed by atoms with Crippen LogP contribution in [0.1, 0.15) is 45.2 Å². The van der Waals surface area contributed by atoms with Crippen molar-refractivity contribution in [1.29, 1.82) is 0 Å². The van der Waals surface area contributed by atoms with Gasteiger partial charge in [-0.15, -0.1) is 0 Å². The van der Waals surface area contributed by atoms with E-state index < -0.39 is 0 Å². The lowest BCUT2D eigenvalue weighted by Crippen LogP contribution is -1.99. The molecule has 0 spiro atoms. The lowest BCUT2D eigenvalue weighted by molar-refractivity contribution is 0.505. The Balaban J connectivity index is -0.000000186. The molecule has 1 heteroatoms. The third-order valence-electron chi connectivity index (χ3n) is 1.17. The number of nitrogens with zero attached hydrogens (tertiary/aromatic N) is 1. The fraction of sp³-hybridized carbons (Fsp3) is 0.625. The summed E-state index contributed by atoms with van der Waals surface area (Å²) in [4.78, 5) is 2.00. The Morgan fingerprint density at radius 2 is 1.12 bits per heavy atom. The second-order valence-corrected chi connectivity index (χ2v) is 4.21. The van der Waals surface area contributed by atoms with Crippen LogP contribution in [-0.4, -0.2) is 26.0 Å². The zero-order chi connectivity index (χ0) is 14.3. The van der Waals surface area contributed by atoms with Crippen molar-refractivity contribution in [1.82, 2.24) is 4.90 Å². The Hall–Kier alpha value is -0.820. The Labute approximate surface area is 110 Å². The van der Waals surface area contributed by atoms with Gasteiger partial charge in [-0.2, -0.15) is 0 Å². The molecule has 0 heterocycles. The minimum absolute atomic E-state index is 1.25. The van der Waals surface area contributed by atoms with Gasteiger partial charge in [0.05, 0.1) is 0 Å². The van der Waals surface area contributed by atoms with Crippen LogP contribution in [-0.2, 0) is 0 Å². The summed E-state index contributed by atoms with van der Waals surface area (Å²) in [7, 11) is 6.00. The van der Waals surface area contributed by atoms with Crippen LogP contribution in [0.3, 0.4) is 0 Å². The Bertz CT molecular complexity index is 209. The van der Waals surface area contributed by atoms with E-state index >= 15 is 0 Å². The molecule has 0 N–H and O–H groups in total. The van der Waals surface area contributed by atoms with E-state index in [0.29, 0.717) is 0 Å². The maximum Gasteiger partial charge on any atom is -0.0140 e. The highest BCUT2D eigenvalue weighted by Gasteiger charge is 1.80. The number of hydrogen-bond donors (Lipinski definition) is 0. The molecular weight excluding hydrogens is 206 g/mol. The Morgan fingerprint density at radius 3 is 1.24 bits per heavy atom. The predicted molar refractivity (Wildman–Crippen MR) is 82.8 cm³/mol. The fourth-order valence-corrected chi connectivity index (χ4v) is 0.807. The molecule has 0 saturated heterocycles. The van der Waals surface area contributed by atoms with E-state index in [0.717, 1.165) is 0 Å². The van der Waals surface area contributed by atoms with E-state index in [2.05, 4.69) is 52.0 Å². The molecule has 0 aliphatic carbocycles. The van der Waals surface area contributed by atoms with Gasteiger partial charge in [0.2, 0.25) is 0 Å². The van der Waals surface area contributed by atoms with E-state index in [1.54, 1.807) is 0 Å². The minimum Gasteiger partial charge on any atom is -0.312 e. The summed E-state index contributed by atoms with van der Waals surface area (Å²) in [5.41, 5.74) is 2.68. The molecule has 102 valence electrons. The van der Waals surface area contributed by atoms with Gasteiger partial charge in [0, 0.05) is 0 Å². The van der Waals surface area contributed by atoms with Crippen molar-refractivity contribution in [3.63, 3.8) is 0 Å². The first-order valence-corrected chi connectivity index (χ1v) is 6.58. The van der Waals surface area contributed by atoms with Crippen LogP contribution in [0.15, 0.2) is 24.3 Å². The van der Waals surface area contributed by atoms with Crippen molar-refractivity contribution in [2.24, 2.45) is 0 Å². The summed E-state index contributed by atoms with van der Waals surface area (Å²) in [5.74, 6) is 0. The molecule has 0 radical (unpaired) electrons. The molecule has 0 fully saturated rings. The van der Waals surface area contributed by atoms with Crippen LogP contribution in [0.25, 0.3) is 0 Å². The summed E-state index contributed by atoms with van der Waals surface area (Å²) in [6, 6.07) is 8.45. The van der Waals surface area contributed by atoms with E-state index in [9.17, 15) is 0 Å². The summed E-state index contributed by atoms with van der Waals surface area (Å²) in [6.07, 6.45) is 1.25. The maximum atomic E-state index is 2.17. The van der Waals surface area contributed by atoms with Crippen LogP contribution in [0.2, 0.25) is 0 Å². The quantitative estimate of drug-likeness (QED) is 0.621. The first-order valence-electron chi connectivity index (χ1n) is 6.58. The molecule has 1 nitrogen and oxygen atoms in total. The summed E-state index contributed by atoms with van der Waals surface area (Å²) < 4.78 is 0. The molecule has 0 amide bonds. The molecule has 0 aliphatic heterocycles. The van der Waals surface area contributed by atoms with E-state index in [1.165, 1.54) is 17.5 Å². The highest BCUT2D eigenvalue weighted by molar-refractivity contribution is 5.20. The van der Waals surface area contributed by atoms with Crippen molar-refractivity contribution in [2.45, 2.75) is 48.0 Å². The SMILES string of the molecule is CC.CCC.CN(C)C.Cc1cccc(C)c1. The van der Waals surface area contributed by atoms with Gasteiger partial charge in [0.15, 0.2) is 0 Å². The van der Waals surface area contributed by atoms with Crippen LogP contribution >= 0.6 is 0 Å². The van der Waals surface area contributed by atoms with Crippen LogP contribution in [0, 0.1) is 13.8 Å². The van der Waals surface area contributed by atoms with Crippen molar-refractivity contribution in [2.75, 3.05) is 21.1 Å². The smallest absolute Gasteiger partial charge is 0.0140 e. The average Bonchev–Trinajstić information content (AvgIpc) is 2.20. The standard InChI is InChI=1S/C8H10.C3H9N.C3H8.C2H6/c1-7-4-3-5-8(2)6-7;1-4(2)3;1-3-2;1-2/h3-6H,1-2H3;1-3H3;3H2,1-2H3;1-2H3. The fourth-order valence-electron chi connectivity index (χ4n) is 0.807. The largest absolute Gasteiger partial charge is 0.312 e. The lowest BCUT2D eigenvalue weighted by Gasteiger charge is -1.90.